The van der Waals surface area contributed by atoms with Crippen LogP contribution in [0.1, 0.15) is 42.3 Å². The van der Waals surface area contributed by atoms with Crippen LogP contribution in [0.25, 0.3) is 11.0 Å². The summed E-state index contributed by atoms with van der Waals surface area (Å²) in [5.74, 6) is -0.707. The minimum atomic E-state index is -4.18. The van der Waals surface area contributed by atoms with Crippen molar-refractivity contribution in [2.75, 3.05) is 0 Å². The van der Waals surface area contributed by atoms with Gasteiger partial charge in [-0.25, -0.2) is 17.9 Å². The van der Waals surface area contributed by atoms with Gasteiger partial charge in [0.1, 0.15) is 4.90 Å². The van der Waals surface area contributed by atoms with Crippen molar-refractivity contribution in [1.82, 2.24) is 13.9 Å². The fourth-order valence-corrected chi connectivity index (χ4v) is 5.34. The van der Waals surface area contributed by atoms with Crippen LogP contribution in [0.2, 0.25) is 0 Å². The van der Waals surface area contributed by atoms with E-state index in [1.54, 1.807) is 33.2 Å². The van der Waals surface area contributed by atoms with Gasteiger partial charge in [0.15, 0.2) is 0 Å². The van der Waals surface area contributed by atoms with Gasteiger partial charge >= 0.3 is 5.69 Å². The van der Waals surface area contributed by atoms with Crippen LogP contribution in [0.4, 0.5) is 0 Å². The van der Waals surface area contributed by atoms with Crippen LogP contribution in [0, 0.1) is 6.92 Å². The number of hydrogen-bond acceptors (Lipinski definition) is 4. The van der Waals surface area contributed by atoms with Gasteiger partial charge in [0.2, 0.25) is 0 Å². The Morgan fingerprint density at radius 2 is 1.60 bits per heavy atom. The van der Waals surface area contributed by atoms with E-state index < -0.39 is 15.9 Å². The fourth-order valence-electron chi connectivity index (χ4n) is 3.32. The van der Waals surface area contributed by atoms with E-state index in [-0.39, 0.29) is 26.0 Å². The van der Waals surface area contributed by atoms with Crippen molar-refractivity contribution in [2.45, 2.75) is 38.0 Å². The van der Waals surface area contributed by atoms with E-state index in [1.165, 1.54) is 15.2 Å². The summed E-state index contributed by atoms with van der Waals surface area (Å²) in [6, 6.07) is 8.30. The molecule has 0 bridgehead atoms. The molecule has 0 aliphatic rings. The Morgan fingerprint density at radius 3 is 2.13 bits per heavy atom. The summed E-state index contributed by atoms with van der Waals surface area (Å²) >= 11 is 3.26. The zero-order chi connectivity index (χ0) is 22.6. The van der Waals surface area contributed by atoms with Gasteiger partial charge in [0.25, 0.3) is 15.9 Å². The molecule has 1 amide bonds. The van der Waals surface area contributed by atoms with E-state index in [1.807, 2.05) is 12.1 Å². The standard InChI is InChI=1S/C21H24BrN3O4S/c1-12-9-13(21(2,3)4)7-8-14(12)19(26)23-30(28,29)18-11-17-16(10-15(18)22)24(5)20(27)25(17)6/h7-11H,1-6H3,(H,23,26). The molecule has 1 N–H and O–H groups in total. The van der Waals surface area contributed by atoms with E-state index in [0.29, 0.717) is 16.6 Å². The minimum absolute atomic E-state index is 0.0856. The second kappa shape index (κ2) is 7.39. The van der Waals surface area contributed by atoms with Gasteiger partial charge in [-0.2, -0.15) is 0 Å². The molecule has 0 spiro atoms. The molecule has 9 heteroatoms. The molecule has 0 unspecified atom stereocenters. The summed E-state index contributed by atoms with van der Waals surface area (Å²) in [6.45, 7) is 7.97. The second-order valence-corrected chi connectivity index (χ2v) is 10.9. The van der Waals surface area contributed by atoms with Crippen LogP contribution in [0.15, 0.2) is 44.5 Å². The molecule has 0 aliphatic heterocycles. The molecule has 0 saturated heterocycles. The molecule has 0 fully saturated rings. The maximum Gasteiger partial charge on any atom is 0.328 e. The minimum Gasteiger partial charge on any atom is -0.295 e. The molecule has 3 rings (SSSR count). The highest BCUT2D eigenvalue weighted by Crippen LogP contribution is 2.28. The van der Waals surface area contributed by atoms with Crippen LogP contribution in [0.5, 0.6) is 0 Å². The third kappa shape index (κ3) is 3.83. The third-order valence-electron chi connectivity index (χ3n) is 5.18. The first-order chi connectivity index (χ1) is 13.7. The number of aryl methyl sites for hydroxylation is 3. The number of carbonyl (C=O) groups is 1. The van der Waals surface area contributed by atoms with Crippen molar-refractivity contribution in [3.8, 4) is 0 Å². The van der Waals surface area contributed by atoms with Crippen molar-refractivity contribution < 1.29 is 13.2 Å². The highest BCUT2D eigenvalue weighted by atomic mass is 79.9. The van der Waals surface area contributed by atoms with Gasteiger partial charge in [-0.1, -0.05) is 32.9 Å². The Labute approximate surface area is 183 Å². The number of fused-ring (bicyclic) bond motifs is 1. The largest absolute Gasteiger partial charge is 0.328 e. The molecular weight excluding hydrogens is 470 g/mol. The molecule has 160 valence electrons. The summed E-state index contributed by atoms with van der Waals surface area (Å²) in [7, 11) is -1.01. The average molecular weight is 494 g/mol. The average Bonchev–Trinajstić information content (AvgIpc) is 2.83. The number of rotatable bonds is 3. The molecule has 0 radical (unpaired) electrons. The summed E-state index contributed by atoms with van der Waals surface area (Å²) in [6.07, 6.45) is 0. The Balaban J connectivity index is 2.01. The number of benzene rings is 2. The van der Waals surface area contributed by atoms with Gasteiger partial charge < -0.3 is 0 Å². The number of amides is 1. The van der Waals surface area contributed by atoms with E-state index >= 15 is 0 Å². The van der Waals surface area contributed by atoms with Crippen LogP contribution in [-0.4, -0.2) is 23.5 Å². The van der Waals surface area contributed by atoms with E-state index in [0.717, 1.165) is 5.56 Å². The molecule has 30 heavy (non-hydrogen) atoms. The number of carbonyl (C=O) groups excluding carboxylic acids is 1. The highest BCUT2D eigenvalue weighted by molar-refractivity contribution is 9.10. The Kier molecular flexibility index (Phi) is 5.49. The fraction of sp³-hybridized carbons (Fsp3) is 0.333. The van der Waals surface area contributed by atoms with Crippen LogP contribution < -0.4 is 10.4 Å². The van der Waals surface area contributed by atoms with Crippen LogP contribution in [-0.2, 0) is 29.5 Å². The lowest BCUT2D eigenvalue weighted by molar-refractivity contribution is 0.0980. The quantitative estimate of drug-likeness (QED) is 0.605. The van der Waals surface area contributed by atoms with E-state index in [4.69, 9.17) is 0 Å². The van der Waals surface area contributed by atoms with Crippen molar-refractivity contribution in [3.63, 3.8) is 0 Å². The van der Waals surface area contributed by atoms with Crippen molar-refractivity contribution in [1.29, 1.82) is 0 Å². The first-order valence-electron chi connectivity index (χ1n) is 9.27. The topological polar surface area (TPSA) is 90.2 Å². The summed E-state index contributed by atoms with van der Waals surface area (Å²) in [5, 5.41) is 0. The monoisotopic (exact) mass is 493 g/mol. The maximum atomic E-state index is 13.0. The predicted molar refractivity (Wildman–Crippen MR) is 120 cm³/mol. The number of imidazole rings is 1. The molecule has 2 aromatic carbocycles. The molecule has 0 aliphatic carbocycles. The van der Waals surface area contributed by atoms with Crippen LogP contribution in [0.3, 0.4) is 0 Å². The summed E-state index contributed by atoms with van der Waals surface area (Å²) in [4.78, 5) is 24.8. The number of halogens is 1. The zero-order valence-corrected chi connectivity index (χ0v) is 20.1. The molecular formula is C21H24BrN3O4S. The number of hydrogen-bond donors (Lipinski definition) is 1. The molecule has 3 aromatic rings. The predicted octanol–water partition coefficient (Wildman–Crippen LogP) is 3.36. The second-order valence-electron chi connectivity index (χ2n) is 8.39. The number of nitrogens with zero attached hydrogens (tertiary/aromatic N) is 2. The lowest BCUT2D eigenvalue weighted by Gasteiger charge is -2.20. The number of aromatic nitrogens is 2. The van der Waals surface area contributed by atoms with Crippen molar-refractivity contribution in [3.05, 3.63) is 62.0 Å². The highest BCUT2D eigenvalue weighted by Gasteiger charge is 2.25. The van der Waals surface area contributed by atoms with Gasteiger partial charge in [-0.3, -0.25) is 13.9 Å². The van der Waals surface area contributed by atoms with Crippen LogP contribution >= 0.6 is 15.9 Å². The smallest absolute Gasteiger partial charge is 0.295 e. The molecule has 0 atom stereocenters. The Morgan fingerprint density at radius 1 is 1.03 bits per heavy atom. The lowest BCUT2D eigenvalue weighted by Crippen LogP contribution is -2.31. The maximum absolute atomic E-state index is 13.0. The number of nitrogens with one attached hydrogen (secondary N) is 1. The zero-order valence-electron chi connectivity index (χ0n) is 17.7. The first kappa shape index (κ1) is 22.3. The number of sulfonamides is 1. The van der Waals surface area contributed by atoms with Gasteiger partial charge in [0.05, 0.1) is 11.0 Å². The molecule has 1 aromatic heterocycles. The molecule has 1 heterocycles. The Bertz CT molecular complexity index is 1350. The summed E-state index contributed by atoms with van der Waals surface area (Å²) in [5.41, 5.74) is 2.70. The van der Waals surface area contributed by atoms with Crippen molar-refractivity contribution in [2.24, 2.45) is 14.1 Å². The third-order valence-corrected chi connectivity index (χ3v) is 7.47. The van der Waals surface area contributed by atoms with Gasteiger partial charge in [0, 0.05) is 24.1 Å². The van der Waals surface area contributed by atoms with Gasteiger partial charge in [-0.15, -0.1) is 0 Å². The SMILES string of the molecule is Cc1cc(C(C)(C)C)ccc1C(=O)NS(=O)(=O)c1cc2c(cc1Br)n(C)c(=O)n2C. The summed E-state index contributed by atoms with van der Waals surface area (Å²) < 4.78 is 31.1. The Hall–Kier alpha value is -2.39. The molecule has 0 saturated carbocycles. The van der Waals surface area contributed by atoms with Crippen molar-refractivity contribution >= 4 is 42.9 Å². The van der Waals surface area contributed by atoms with E-state index in [9.17, 15) is 18.0 Å². The van der Waals surface area contributed by atoms with Gasteiger partial charge in [-0.05, 0) is 57.6 Å². The normalized spacial score (nSPS) is 12.4. The van der Waals surface area contributed by atoms with E-state index in [2.05, 4.69) is 41.4 Å². The first-order valence-corrected chi connectivity index (χ1v) is 11.5. The molecule has 7 nitrogen and oxygen atoms in total. The lowest BCUT2D eigenvalue weighted by atomic mass is 9.85.